The molecule has 0 spiro atoms. The van der Waals surface area contributed by atoms with Gasteiger partial charge >= 0.3 is 6.09 Å². The Morgan fingerprint density at radius 2 is 1.76 bits per heavy atom. The summed E-state index contributed by atoms with van der Waals surface area (Å²) in [5.41, 5.74) is 2.87. The molecule has 4 N–H and O–H groups in total. The highest BCUT2D eigenvalue weighted by atomic mass is 79.9. The van der Waals surface area contributed by atoms with Crippen molar-refractivity contribution in [3.05, 3.63) is 64.4 Å². The lowest BCUT2D eigenvalue weighted by atomic mass is 10.0. The molecular formula is C36H40BrN9O8. The summed E-state index contributed by atoms with van der Waals surface area (Å²) in [4.78, 5) is 77.6. The van der Waals surface area contributed by atoms with Crippen LogP contribution in [0, 0.1) is 12.3 Å². The zero-order valence-electron chi connectivity index (χ0n) is 29.9. The number of likely N-dealkylation sites (tertiary alicyclic amines) is 1. The number of carbonyl (C=O) groups is 5. The molecule has 4 aromatic rings. The molecule has 3 atom stereocenters. The minimum atomic E-state index is -1.13. The fourth-order valence-corrected chi connectivity index (χ4v) is 6.89. The predicted molar refractivity (Wildman–Crippen MR) is 197 cm³/mol. The van der Waals surface area contributed by atoms with E-state index in [0.717, 1.165) is 17.5 Å². The number of hydrogen-bond donors (Lipinski definition) is 4. The number of amides is 4. The third-order valence-corrected chi connectivity index (χ3v) is 9.95. The molecule has 4 amide bonds. The Kier molecular flexibility index (Phi) is 11.6. The van der Waals surface area contributed by atoms with E-state index in [1.165, 1.54) is 11.6 Å². The van der Waals surface area contributed by atoms with Gasteiger partial charge in [0, 0.05) is 42.9 Å². The van der Waals surface area contributed by atoms with Crippen molar-refractivity contribution >= 4 is 62.2 Å². The lowest BCUT2D eigenvalue weighted by Crippen LogP contribution is -2.47. The number of aryl methyl sites for hydroxylation is 1. The van der Waals surface area contributed by atoms with Crippen molar-refractivity contribution in [1.29, 1.82) is 0 Å². The van der Waals surface area contributed by atoms with Gasteiger partial charge in [0.25, 0.3) is 0 Å². The van der Waals surface area contributed by atoms with E-state index < -0.39 is 12.1 Å². The molecule has 0 radical (unpaired) electrons. The molecule has 284 valence electrons. The molecule has 0 unspecified atom stereocenters. The average Bonchev–Trinajstić information content (AvgIpc) is 3.50. The topological polar surface area (TPSA) is 220 Å². The summed E-state index contributed by atoms with van der Waals surface area (Å²) in [7, 11) is 0. The quantitative estimate of drug-likeness (QED) is 0.0730. The summed E-state index contributed by atoms with van der Waals surface area (Å²) in [6.45, 7) is 5.83. The highest BCUT2D eigenvalue weighted by molar-refractivity contribution is 9.10. The molecular weight excluding hydrogens is 766 g/mol. The summed E-state index contributed by atoms with van der Waals surface area (Å²) < 4.78 is 12.6. The molecule has 3 aromatic heterocycles. The molecule has 6 rings (SSSR count). The number of fused-ring (bicyclic) bond motifs is 2. The van der Waals surface area contributed by atoms with Gasteiger partial charge in [-0.2, -0.15) is 5.10 Å². The molecule has 54 heavy (non-hydrogen) atoms. The second-order valence-electron chi connectivity index (χ2n) is 13.5. The Bertz CT molecular complexity index is 2090. The number of anilines is 1. The van der Waals surface area contributed by atoms with Gasteiger partial charge in [0.2, 0.25) is 17.7 Å². The number of pyridine rings is 1. The van der Waals surface area contributed by atoms with E-state index in [4.69, 9.17) is 14.6 Å². The smallest absolute Gasteiger partial charge is 0.404 e. The molecule has 18 heteroatoms. The number of aromatic nitrogens is 5. The van der Waals surface area contributed by atoms with Gasteiger partial charge in [-0.3, -0.25) is 23.9 Å². The monoisotopic (exact) mass is 805 g/mol. The van der Waals surface area contributed by atoms with E-state index in [1.54, 1.807) is 35.5 Å². The van der Waals surface area contributed by atoms with E-state index in [9.17, 15) is 24.0 Å². The summed E-state index contributed by atoms with van der Waals surface area (Å²) in [5.74, 6) is -0.370. The number of benzene rings is 1. The van der Waals surface area contributed by atoms with Gasteiger partial charge in [0.1, 0.15) is 41.1 Å². The number of ether oxygens (including phenoxy) is 2. The van der Waals surface area contributed by atoms with Gasteiger partial charge < -0.3 is 35.4 Å². The Hall–Kier alpha value is -5.33. The zero-order chi connectivity index (χ0) is 38.6. The number of nitrogens with zero attached hydrogens (tertiary/aromatic N) is 6. The standard InChI is InChI=1S/C36H40BrN9O8/c1-20-4-7-28(37)42-33(20)43-34(50)26-13-36(3)14-27(36)46(26)31(49)18-45-25-6-5-22(12-24(25)32(44-45)21(2)47)23-15-39-29(40-16-23)17-41-30(48)19-54-11-10-53-9-8-38-35(51)52/h4-7,12,15-16,26-27,38H,8-11,13-14,17-19H2,1-3H3,(H,41,48)(H,51,52)(H,42,43,50)/t26-,27+,36-/m0/s1. The molecule has 1 aliphatic carbocycles. The largest absolute Gasteiger partial charge is 0.465 e. The first-order chi connectivity index (χ1) is 25.8. The van der Waals surface area contributed by atoms with Gasteiger partial charge in [-0.15, -0.1) is 0 Å². The highest BCUT2D eigenvalue weighted by Crippen LogP contribution is 2.59. The number of halogens is 1. The van der Waals surface area contributed by atoms with Crippen molar-refractivity contribution in [2.24, 2.45) is 5.41 Å². The first-order valence-corrected chi connectivity index (χ1v) is 18.1. The van der Waals surface area contributed by atoms with Crippen molar-refractivity contribution in [3.8, 4) is 11.1 Å². The minimum Gasteiger partial charge on any atom is -0.465 e. The lowest BCUT2D eigenvalue weighted by molar-refractivity contribution is -0.138. The number of rotatable bonds is 16. The van der Waals surface area contributed by atoms with Crippen LogP contribution in [-0.4, -0.2) is 109 Å². The molecule has 1 aromatic carbocycles. The number of piperidine rings is 1. The Morgan fingerprint density at radius 1 is 1.00 bits per heavy atom. The van der Waals surface area contributed by atoms with E-state index in [1.807, 2.05) is 19.1 Å². The van der Waals surface area contributed by atoms with Crippen LogP contribution in [0.3, 0.4) is 0 Å². The van der Waals surface area contributed by atoms with E-state index in [2.05, 4.69) is 58.9 Å². The lowest BCUT2D eigenvalue weighted by Gasteiger charge is -2.27. The third-order valence-electron chi connectivity index (χ3n) is 9.51. The fourth-order valence-electron chi connectivity index (χ4n) is 6.58. The first-order valence-electron chi connectivity index (χ1n) is 17.3. The number of Topliss-reactive ketones (excluding diaryl/α,β-unsaturated/α-hetero) is 1. The van der Waals surface area contributed by atoms with Crippen molar-refractivity contribution < 1.29 is 38.6 Å². The third kappa shape index (κ3) is 8.88. The van der Waals surface area contributed by atoms with Crippen molar-refractivity contribution in [2.45, 2.75) is 58.8 Å². The second kappa shape index (κ2) is 16.4. The maximum atomic E-state index is 14.0. The summed E-state index contributed by atoms with van der Waals surface area (Å²) in [5, 5.41) is 21.4. The number of ketones is 1. The van der Waals surface area contributed by atoms with Crippen LogP contribution < -0.4 is 16.0 Å². The Labute approximate surface area is 318 Å². The van der Waals surface area contributed by atoms with Crippen molar-refractivity contribution in [1.82, 2.24) is 40.3 Å². The van der Waals surface area contributed by atoms with Crippen molar-refractivity contribution in [3.63, 3.8) is 0 Å². The van der Waals surface area contributed by atoms with Crippen LogP contribution >= 0.6 is 15.9 Å². The summed E-state index contributed by atoms with van der Waals surface area (Å²) in [6, 6.07) is 8.35. The van der Waals surface area contributed by atoms with Gasteiger partial charge in [0.15, 0.2) is 5.78 Å². The van der Waals surface area contributed by atoms with Crippen LogP contribution in [0.1, 0.15) is 48.6 Å². The van der Waals surface area contributed by atoms with Gasteiger partial charge in [-0.25, -0.2) is 19.7 Å². The Morgan fingerprint density at radius 3 is 2.50 bits per heavy atom. The Balaban J connectivity index is 1.07. The molecule has 1 aliphatic heterocycles. The van der Waals surface area contributed by atoms with Crippen LogP contribution in [0.4, 0.5) is 10.6 Å². The maximum Gasteiger partial charge on any atom is 0.404 e. The summed E-state index contributed by atoms with van der Waals surface area (Å²) in [6.07, 6.45) is 3.45. The fraction of sp³-hybridized carbons (Fsp3) is 0.417. The van der Waals surface area contributed by atoms with Crippen molar-refractivity contribution in [2.75, 3.05) is 38.3 Å². The van der Waals surface area contributed by atoms with E-state index in [-0.39, 0.29) is 86.7 Å². The highest BCUT2D eigenvalue weighted by Gasteiger charge is 2.64. The number of nitrogens with one attached hydrogen (secondary N) is 3. The minimum absolute atomic E-state index is 0.0601. The second-order valence-corrected chi connectivity index (χ2v) is 14.4. The van der Waals surface area contributed by atoms with E-state index in [0.29, 0.717) is 39.1 Å². The number of carboxylic acid groups (broad SMARTS) is 1. The molecule has 1 saturated carbocycles. The SMILES string of the molecule is CC(=O)c1nn(CC(=O)N2[C@H](C(=O)Nc3nc(Br)ccc3C)C[C@@]3(C)C[C@@H]23)c2ccc(-c3cnc(CNC(=O)COCCOCCNC(=O)O)nc3)cc12. The molecule has 0 bridgehead atoms. The maximum absolute atomic E-state index is 14.0. The average molecular weight is 807 g/mol. The van der Waals surface area contributed by atoms with Crippen LogP contribution in [0.2, 0.25) is 0 Å². The zero-order valence-corrected chi connectivity index (χ0v) is 31.5. The summed E-state index contributed by atoms with van der Waals surface area (Å²) >= 11 is 3.35. The predicted octanol–water partition coefficient (Wildman–Crippen LogP) is 3.10. The van der Waals surface area contributed by atoms with Crippen LogP contribution in [0.25, 0.3) is 22.0 Å². The number of carbonyl (C=O) groups excluding carboxylic acids is 4. The molecule has 2 aliphatic rings. The molecule has 2 fully saturated rings. The van der Waals surface area contributed by atoms with E-state index >= 15 is 0 Å². The normalized spacial score (nSPS) is 18.6. The van der Waals surface area contributed by atoms with Gasteiger partial charge in [-0.1, -0.05) is 19.1 Å². The first kappa shape index (κ1) is 38.4. The van der Waals surface area contributed by atoms with Crippen LogP contribution in [-0.2, 0) is 36.9 Å². The molecule has 17 nitrogen and oxygen atoms in total. The number of hydrogen-bond acceptors (Lipinski definition) is 11. The van der Waals surface area contributed by atoms with Crippen LogP contribution in [0.15, 0.2) is 47.3 Å². The van der Waals surface area contributed by atoms with Gasteiger partial charge in [0.05, 0.1) is 31.9 Å². The molecule has 1 saturated heterocycles. The molecule has 4 heterocycles. The van der Waals surface area contributed by atoms with Gasteiger partial charge in [-0.05, 0) is 70.4 Å². The van der Waals surface area contributed by atoms with Crippen LogP contribution in [0.5, 0.6) is 0 Å².